The number of anilines is 1. The van der Waals surface area contributed by atoms with E-state index in [1.807, 2.05) is 0 Å². The molecule has 0 bridgehead atoms. The molecule has 1 aromatic rings. The lowest BCUT2D eigenvalue weighted by Crippen LogP contribution is -2.24. The van der Waals surface area contributed by atoms with Crippen molar-refractivity contribution >= 4 is 23.2 Å². The number of amides is 1. The van der Waals surface area contributed by atoms with Gasteiger partial charge in [0.05, 0.1) is 6.61 Å². The molecule has 0 aliphatic rings. The van der Waals surface area contributed by atoms with Gasteiger partial charge in [0, 0.05) is 17.3 Å². The Bertz CT molecular complexity index is 355. The van der Waals surface area contributed by atoms with Gasteiger partial charge in [0.1, 0.15) is 6.61 Å². The molecule has 0 aliphatic heterocycles. The van der Waals surface area contributed by atoms with E-state index < -0.39 is 0 Å². The first-order valence-corrected chi connectivity index (χ1v) is 6.44. The van der Waals surface area contributed by atoms with E-state index >= 15 is 0 Å². The highest BCUT2D eigenvalue weighted by Crippen LogP contribution is 2.12. The number of nitrogens with one attached hydrogen (secondary N) is 2. The Morgan fingerprint density at radius 2 is 2.00 bits per heavy atom. The molecule has 2 N–H and O–H groups in total. The zero-order valence-electron chi connectivity index (χ0n) is 10.5. The summed E-state index contributed by atoms with van der Waals surface area (Å²) in [5.41, 5.74) is 0.720. The van der Waals surface area contributed by atoms with Crippen LogP contribution in [0.5, 0.6) is 0 Å². The molecule has 0 heterocycles. The minimum atomic E-state index is -0.159. The van der Waals surface area contributed by atoms with Crippen LogP contribution < -0.4 is 10.6 Å². The molecule has 1 rings (SSSR count). The highest BCUT2D eigenvalue weighted by Gasteiger charge is 2.01. The molecule has 1 aromatic carbocycles. The van der Waals surface area contributed by atoms with E-state index in [4.69, 9.17) is 16.3 Å². The molecule has 0 spiro atoms. The molecule has 18 heavy (non-hydrogen) atoms. The van der Waals surface area contributed by atoms with Gasteiger partial charge < -0.3 is 15.4 Å². The van der Waals surface area contributed by atoms with Crippen molar-refractivity contribution in [2.75, 3.05) is 31.6 Å². The molecule has 0 radical (unpaired) electrons. The Balaban J connectivity index is 2.12. The summed E-state index contributed by atoms with van der Waals surface area (Å²) < 4.78 is 5.24. The SMILES string of the molecule is CCCNCCOCC(=O)Nc1ccc(Cl)cc1. The van der Waals surface area contributed by atoms with Crippen LogP contribution in [0.3, 0.4) is 0 Å². The van der Waals surface area contributed by atoms with Crippen molar-refractivity contribution in [2.45, 2.75) is 13.3 Å². The molecule has 1 amide bonds. The van der Waals surface area contributed by atoms with Gasteiger partial charge in [-0.2, -0.15) is 0 Å². The molecule has 0 unspecified atom stereocenters. The smallest absolute Gasteiger partial charge is 0.250 e. The molecule has 0 saturated carbocycles. The molecule has 0 aromatic heterocycles. The van der Waals surface area contributed by atoms with Crippen LogP contribution in [0, 0.1) is 0 Å². The maximum Gasteiger partial charge on any atom is 0.250 e. The van der Waals surface area contributed by atoms with Crippen molar-refractivity contribution < 1.29 is 9.53 Å². The van der Waals surface area contributed by atoms with E-state index in [2.05, 4.69) is 17.6 Å². The van der Waals surface area contributed by atoms with Crippen LogP contribution >= 0.6 is 11.6 Å². The summed E-state index contributed by atoms with van der Waals surface area (Å²) in [6.45, 7) is 4.44. The van der Waals surface area contributed by atoms with Crippen molar-refractivity contribution in [1.29, 1.82) is 0 Å². The number of hydrogen-bond donors (Lipinski definition) is 2. The minimum absolute atomic E-state index is 0.0659. The Labute approximate surface area is 113 Å². The highest BCUT2D eigenvalue weighted by molar-refractivity contribution is 6.30. The van der Waals surface area contributed by atoms with Crippen LogP contribution in [0.2, 0.25) is 5.02 Å². The summed E-state index contributed by atoms with van der Waals surface area (Å²) in [5, 5.41) is 6.57. The molecule has 0 aliphatic carbocycles. The van der Waals surface area contributed by atoms with Gasteiger partial charge in [0.15, 0.2) is 0 Å². The first kappa shape index (κ1) is 15.0. The van der Waals surface area contributed by atoms with Crippen molar-refractivity contribution in [3.05, 3.63) is 29.3 Å². The predicted molar refractivity (Wildman–Crippen MR) is 74.1 cm³/mol. The standard InChI is InChI=1S/C13H19ClN2O2/c1-2-7-15-8-9-18-10-13(17)16-12-5-3-11(14)4-6-12/h3-6,15H,2,7-10H2,1H3,(H,16,17). The zero-order valence-corrected chi connectivity index (χ0v) is 11.3. The zero-order chi connectivity index (χ0) is 13.2. The lowest BCUT2D eigenvalue weighted by atomic mass is 10.3. The third-order valence-corrected chi connectivity index (χ3v) is 2.46. The Kier molecular flexibility index (Phi) is 7.41. The summed E-state index contributed by atoms with van der Waals surface area (Å²) in [6, 6.07) is 6.96. The largest absolute Gasteiger partial charge is 0.370 e. The van der Waals surface area contributed by atoms with Crippen LogP contribution in [0.15, 0.2) is 24.3 Å². The number of benzene rings is 1. The first-order chi connectivity index (χ1) is 8.72. The summed E-state index contributed by atoms with van der Waals surface area (Å²) in [7, 11) is 0. The number of halogens is 1. The van der Waals surface area contributed by atoms with E-state index in [1.54, 1.807) is 24.3 Å². The van der Waals surface area contributed by atoms with Gasteiger partial charge in [-0.25, -0.2) is 0 Å². The number of ether oxygens (including phenoxy) is 1. The second-order valence-electron chi connectivity index (χ2n) is 3.86. The summed E-state index contributed by atoms with van der Waals surface area (Å²) in [5.74, 6) is -0.159. The lowest BCUT2D eigenvalue weighted by Gasteiger charge is -2.07. The topological polar surface area (TPSA) is 50.4 Å². The van der Waals surface area contributed by atoms with Gasteiger partial charge in [-0.05, 0) is 37.2 Å². The maximum atomic E-state index is 11.5. The van der Waals surface area contributed by atoms with E-state index in [0.717, 1.165) is 25.2 Å². The van der Waals surface area contributed by atoms with Gasteiger partial charge in [0.2, 0.25) is 5.91 Å². The maximum absolute atomic E-state index is 11.5. The van der Waals surface area contributed by atoms with E-state index in [9.17, 15) is 4.79 Å². The van der Waals surface area contributed by atoms with Gasteiger partial charge in [-0.1, -0.05) is 18.5 Å². The third-order valence-electron chi connectivity index (χ3n) is 2.21. The van der Waals surface area contributed by atoms with Crippen LogP contribution in [0.25, 0.3) is 0 Å². The van der Waals surface area contributed by atoms with Crippen molar-refractivity contribution in [3.63, 3.8) is 0 Å². The summed E-state index contributed by atoms with van der Waals surface area (Å²) in [6.07, 6.45) is 1.09. The van der Waals surface area contributed by atoms with E-state index in [1.165, 1.54) is 0 Å². The normalized spacial score (nSPS) is 10.3. The van der Waals surface area contributed by atoms with Crippen molar-refractivity contribution in [3.8, 4) is 0 Å². The Hall–Kier alpha value is -1.10. The summed E-state index contributed by atoms with van der Waals surface area (Å²) >= 11 is 5.75. The molecule has 5 heteroatoms. The van der Waals surface area contributed by atoms with Crippen LogP contribution in [0.4, 0.5) is 5.69 Å². The van der Waals surface area contributed by atoms with Gasteiger partial charge >= 0.3 is 0 Å². The monoisotopic (exact) mass is 270 g/mol. The fraction of sp³-hybridized carbons (Fsp3) is 0.462. The molecule has 4 nitrogen and oxygen atoms in total. The molecule has 0 fully saturated rings. The second-order valence-corrected chi connectivity index (χ2v) is 4.29. The van der Waals surface area contributed by atoms with E-state index in [0.29, 0.717) is 11.6 Å². The fourth-order valence-corrected chi connectivity index (χ4v) is 1.47. The van der Waals surface area contributed by atoms with Crippen LogP contribution in [0.1, 0.15) is 13.3 Å². The first-order valence-electron chi connectivity index (χ1n) is 6.06. The quantitative estimate of drug-likeness (QED) is 0.713. The van der Waals surface area contributed by atoms with Gasteiger partial charge in [0.25, 0.3) is 0 Å². The summed E-state index contributed by atoms with van der Waals surface area (Å²) in [4.78, 5) is 11.5. The lowest BCUT2D eigenvalue weighted by molar-refractivity contribution is -0.120. The molecule has 0 saturated heterocycles. The van der Waals surface area contributed by atoms with E-state index in [-0.39, 0.29) is 12.5 Å². The van der Waals surface area contributed by atoms with Crippen LogP contribution in [-0.4, -0.2) is 32.2 Å². The molecular formula is C13H19ClN2O2. The fourth-order valence-electron chi connectivity index (χ4n) is 1.34. The number of carbonyl (C=O) groups excluding carboxylic acids is 1. The second kappa shape index (κ2) is 8.91. The van der Waals surface area contributed by atoms with Gasteiger partial charge in [-0.15, -0.1) is 0 Å². The predicted octanol–water partition coefficient (Wildman–Crippen LogP) is 2.29. The Morgan fingerprint density at radius 1 is 1.28 bits per heavy atom. The Morgan fingerprint density at radius 3 is 2.67 bits per heavy atom. The number of rotatable bonds is 8. The van der Waals surface area contributed by atoms with Crippen LogP contribution in [-0.2, 0) is 9.53 Å². The van der Waals surface area contributed by atoms with Crippen molar-refractivity contribution in [2.24, 2.45) is 0 Å². The average molecular weight is 271 g/mol. The molecular weight excluding hydrogens is 252 g/mol. The van der Waals surface area contributed by atoms with Gasteiger partial charge in [-0.3, -0.25) is 4.79 Å². The number of carbonyl (C=O) groups is 1. The minimum Gasteiger partial charge on any atom is -0.370 e. The third kappa shape index (κ3) is 6.59. The van der Waals surface area contributed by atoms with Crippen molar-refractivity contribution in [1.82, 2.24) is 5.32 Å². The molecule has 100 valence electrons. The highest BCUT2D eigenvalue weighted by atomic mass is 35.5. The number of hydrogen-bond acceptors (Lipinski definition) is 3. The molecule has 0 atom stereocenters. The average Bonchev–Trinajstić information content (AvgIpc) is 2.36.